The molecular weight excluding hydrogens is 563 g/mol. The highest BCUT2D eigenvalue weighted by molar-refractivity contribution is 7.14. The first kappa shape index (κ1) is 30.4. The Bertz CT molecular complexity index is 1420. The third kappa shape index (κ3) is 6.03. The number of nitrogens with zero attached hydrogens (tertiary/aromatic N) is 6. The van der Waals surface area contributed by atoms with Gasteiger partial charge in [-0.25, -0.2) is 10.0 Å². The van der Waals surface area contributed by atoms with Crippen LogP contribution in [0.2, 0.25) is 5.04 Å². The van der Waals surface area contributed by atoms with E-state index in [1.54, 1.807) is 4.90 Å². The summed E-state index contributed by atoms with van der Waals surface area (Å²) in [5, 5.41) is 14.2. The Morgan fingerprint density at radius 3 is 2.55 bits per heavy atom. The van der Waals surface area contributed by atoms with Crippen LogP contribution in [0.25, 0.3) is 21.0 Å². The molecule has 0 radical (unpaired) electrons. The van der Waals surface area contributed by atoms with E-state index >= 15 is 0 Å². The summed E-state index contributed by atoms with van der Waals surface area (Å²) in [7, 11) is -2.94. The van der Waals surface area contributed by atoms with Gasteiger partial charge in [-0.15, -0.1) is 11.3 Å². The molecule has 1 N–H and O–H groups in total. The van der Waals surface area contributed by atoms with Crippen molar-refractivity contribution in [1.82, 2.24) is 20.3 Å². The maximum absolute atomic E-state index is 13.5. The molecule has 0 saturated carbocycles. The number of thiazole rings is 1. The van der Waals surface area contributed by atoms with Gasteiger partial charge >= 0.3 is 0 Å². The van der Waals surface area contributed by atoms with Crippen molar-refractivity contribution in [3.05, 3.63) is 76.1 Å². The molecule has 0 aliphatic carbocycles. The molecule has 2 aliphatic heterocycles. The van der Waals surface area contributed by atoms with Gasteiger partial charge in [0.15, 0.2) is 0 Å². The van der Waals surface area contributed by atoms with E-state index in [9.17, 15) is 4.79 Å². The quantitative estimate of drug-likeness (QED) is 0.127. The molecule has 1 atom stereocenters. The predicted octanol–water partition coefficient (Wildman–Crippen LogP) is 5.06. The highest BCUT2D eigenvalue weighted by Crippen LogP contribution is 2.46. The second kappa shape index (κ2) is 13.1. The molecule has 42 heavy (non-hydrogen) atoms. The molecule has 1 aromatic heterocycles. The highest BCUT2D eigenvalue weighted by Gasteiger charge is 2.56. The molecule has 2 saturated heterocycles. The van der Waals surface area contributed by atoms with Crippen molar-refractivity contribution in [2.24, 2.45) is 11.0 Å². The summed E-state index contributed by atoms with van der Waals surface area (Å²) < 4.78 is 7.34. The van der Waals surface area contributed by atoms with Crippen LogP contribution in [-0.2, 0) is 4.53 Å². The first-order chi connectivity index (χ1) is 20.3. The zero-order valence-corrected chi connectivity index (χ0v) is 26.8. The Morgan fingerprint density at radius 2 is 1.93 bits per heavy atom. The Kier molecular flexibility index (Phi) is 9.46. The summed E-state index contributed by atoms with van der Waals surface area (Å²) in [6.45, 7) is 13.2. The summed E-state index contributed by atoms with van der Waals surface area (Å²) in [6.07, 6.45) is 2.19. The minimum atomic E-state index is -2.94. The number of amides is 1. The molecule has 3 heterocycles. The number of rotatable bonds is 13. The van der Waals surface area contributed by atoms with Crippen LogP contribution < -0.4 is 15.7 Å². The lowest BCUT2D eigenvalue weighted by Gasteiger charge is -2.51. The summed E-state index contributed by atoms with van der Waals surface area (Å²) in [5.74, 6) is 0.457. The normalized spacial score (nSPS) is 17.2. The standard InChI is InChI=1S/C31H41N7O2SSi/c1-23(2)38(18-15-34-36-32)30(39)27-22-41-29(35-27)26-13-8-9-14-28(26)42(40-37-16-10-17-37,25-11-6-5-7-12-25)31(3,4)19-24-20-33-21-24/h5-9,11-14,22-24,33H,10,15-21H2,1-4H3. The lowest BCUT2D eigenvalue weighted by atomic mass is 9.92. The molecule has 2 aromatic carbocycles. The maximum Gasteiger partial charge on any atom is 0.288 e. The van der Waals surface area contributed by atoms with Crippen molar-refractivity contribution in [2.45, 2.75) is 51.6 Å². The largest absolute Gasteiger partial charge is 0.335 e. The zero-order valence-electron chi connectivity index (χ0n) is 25.0. The molecule has 3 aromatic rings. The van der Waals surface area contributed by atoms with Crippen molar-refractivity contribution < 1.29 is 9.32 Å². The second-order valence-corrected chi connectivity index (χ2v) is 17.0. The van der Waals surface area contributed by atoms with Crippen LogP contribution in [-0.4, -0.2) is 74.5 Å². The van der Waals surface area contributed by atoms with Gasteiger partial charge in [-0.05, 0) is 66.6 Å². The van der Waals surface area contributed by atoms with E-state index in [0.29, 0.717) is 18.2 Å². The molecule has 2 aliphatic rings. The number of carbonyl (C=O) groups is 1. The Labute approximate surface area is 253 Å². The molecule has 5 rings (SSSR count). The minimum absolute atomic E-state index is 0.0475. The molecule has 0 spiro atoms. The highest BCUT2D eigenvalue weighted by atomic mass is 32.1. The molecule has 0 bridgehead atoms. The number of nitrogens with one attached hydrogen (secondary N) is 1. The number of azide groups is 1. The van der Waals surface area contributed by atoms with E-state index in [0.717, 1.165) is 49.6 Å². The SMILES string of the molecule is CC(C)N(CCN=[N+]=[N-])C(=O)c1csc(-c2ccccc2[Si](ON2CCC2)(c2ccccc2)C(C)(C)CC2CNC2)n1. The van der Waals surface area contributed by atoms with Gasteiger partial charge in [-0.2, -0.15) is 0 Å². The number of hydroxylamine groups is 2. The maximum atomic E-state index is 13.5. The van der Waals surface area contributed by atoms with E-state index in [1.807, 2.05) is 19.2 Å². The Morgan fingerprint density at radius 1 is 1.21 bits per heavy atom. The molecule has 2 fully saturated rings. The molecule has 222 valence electrons. The van der Waals surface area contributed by atoms with Gasteiger partial charge < -0.3 is 14.7 Å². The summed E-state index contributed by atoms with van der Waals surface area (Å²) in [4.78, 5) is 23.0. The van der Waals surface area contributed by atoms with Crippen LogP contribution in [0.3, 0.4) is 0 Å². The Hall–Kier alpha value is -3.05. The molecular formula is C31H41N7O2SSi. The summed E-state index contributed by atoms with van der Waals surface area (Å²) >= 11 is 1.50. The van der Waals surface area contributed by atoms with Crippen LogP contribution in [0.5, 0.6) is 0 Å². The monoisotopic (exact) mass is 603 g/mol. The van der Waals surface area contributed by atoms with Crippen LogP contribution >= 0.6 is 11.3 Å². The third-order valence-corrected chi connectivity index (χ3v) is 14.4. The molecule has 11 heteroatoms. The number of aromatic nitrogens is 1. The molecule has 1 unspecified atom stereocenters. The Balaban J connectivity index is 1.61. The molecule has 9 nitrogen and oxygen atoms in total. The number of hydrogen-bond donors (Lipinski definition) is 1. The van der Waals surface area contributed by atoms with Gasteiger partial charge in [-0.3, -0.25) is 4.79 Å². The number of carbonyl (C=O) groups excluding carboxylic acids is 1. The van der Waals surface area contributed by atoms with E-state index in [4.69, 9.17) is 15.0 Å². The van der Waals surface area contributed by atoms with E-state index in [2.05, 4.69) is 88.9 Å². The smallest absolute Gasteiger partial charge is 0.288 e. The van der Waals surface area contributed by atoms with Crippen molar-refractivity contribution in [3.63, 3.8) is 0 Å². The van der Waals surface area contributed by atoms with Crippen molar-refractivity contribution in [1.29, 1.82) is 0 Å². The van der Waals surface area contributed by atoms with Gasteiger partial charge in [0.25, 0.3) is 14.2 Å². The van der Waals surface area contributed by atoms with Crippen molar-refractivity contribution in [3.8, 4) is 10.6 Å². The van der Waals surface area contributed by atoms with Crippen LogP contribution in [0.1, 0.15) is 51.0 Å². The fourth-order valence-electron chi connectivity index (χ4n) is 6.15. The third-order valence-electron chi connectivity index (χ3n) is 8.53. The topological polar surface area (TPSA) is 106 Å². The number of benzene rings is 2. The van der Waals surface area contributed by atoms with Crippen LogP contribution in [0.15, 0.2) is 65.1 Å². The van der Waals surface area contributed by atoms with Gasteiger partial charge in [0, 0.05) is 48.1 Å². The fourth-order valence-corrected chi connectivity index (χ4v) is 12.1. The zero-order chi connectivity index (χ0) is 29.7. The minimum Gasteiger partial charge on any atom is -0.335 e. The van der Waals surface area contributed by atoms with Crippen molar-refractivity contribution >= 4 is 35.9 Å². The number of hydrogen-bond acceptors (Lipinski definition) is 7. The van der Waals surface area contributed by atoms with Crippen LogP contribution in [0, 0.1) is 5.92 Å². The van der Waals surface area contributed by atoms with E-state index in [-0.39, 0.29) is 23.5 Å². The summed E-state index contributed by atoms with van der Waals surface area (Å²) in [5.41, 5.74) is 10.1. The predicted molar refractivity (Wildman–Crippen MR) is 171 cm³/mol. The van der Waals surface area contributed by atoms with E-state index in [1.165, 1.54) is 21.7 Å². The van der Waals surface area contributed by atoms with Crippen LogP contribution in [0.4, 0.5) is 0 Å². The van der Waals surface area contributed by atoms with Gasteiger partial charge in [0.05, 0.1) is 0 Å². The lowest BCUT2D eigenvalue weighted by molar-refractivity contribution is -0.118. The van der Waals surface area contributed by atoms with Gasteiger partial charge in [0.1, 0.15) is 10.7 Å². The second-order valence-electron chi connectivity index (χ2n) is 12.2. The average molecular weight is 604 g/mol. The molecule has 1 amide bonds. The average Bonchev–Trinajstić information content (AvgIpc) is 3.43. The van der Waals surface area contributed by atoms with Gasteiger partial charge in [-0.1, -0.05) is 73.6 Å². The lowest BCUT2D eigenvalue weighted by Crippen LogP contribution is -2.71. The first-order valence-corrected chi connectivity index (χ1v) is 17.6. The van der Waals surface area contributed by atoms with Gasteiger partial charge in [0.2, 0.25) is 0 Å². The fraction of sp³-hybridized carbons (Fsp3) is 0.484. The summed E-state index contributed by atoms with van der Waals surface area (Å²) in [6, 6.07) is 19.3. The van der Waals surface area contributed by atoms with Crippen molar-refractivity contribution in [2.75, 3.05) is 39.3 Å². The first-order valence-electron chi connectivity index (χ1n) is 14.8. The van der Waals surface area contributed by atoms with E-state index < -0.39 is 8.32 Å².